The first kappa shape index (κ1) is 14.6. The molecule has 3 rings (SSSR count). The summed E-state index contributed by atoms with van der Waals surface area (Å²) in [6.45, 7) is 7.41. The van der Waals surface area contributed by atoms with Crippen LogP contribution in [0.25, 0.3) is 0 Å². The lowest BCUT2D eigenvalue weighted by Crippen LogP contribution is -2.48. The van der Waals surface area contributed by atoms with Gasteiger partial charge in [-0.25, -0.2) is 0 Å². The first-order valence-electron chi connectivity index (χ1n) is 8.38. The largest absolute Gasteiger partial charge is 0.456 e. The van der Waals surface area contributed by atoms with Crippen LogP contribution < -0.4 is 0 Å². The second-order valence-electron chi connectivity index (χ2n) is 6.17. The van der Waals surface area contributed by atoms with Crippen LogP contribution in [0.15, 0.2) is 16.5 Å². The van der Waals surface area contributed by atoms with Gasteiger partial charge in [0.25, 0.3) is 5.91 Å². The summed E-state index contributed by atoms with van der Waals surface area (Å²) in [5.41, 5.74) is 0. The van der Waals surface area contributed by atoms with Crippen molar-refractivity contribution in [2.45, 2.75) is 58.0 Å². The molecule has 2 saturated heterocycles. The molecule has 0 N–H and O–H groups in total. The predicted octanol–water partition coefficient (Wildman–Crippen LogP) is 2.93. The molecule has 0 radical (unpaired) electrons. The maximum absolute atomic E-state index is 12.8. The number of hydrogen-bond donors (Lipinski definition) is 0. The number of aryl methyl sites for hydroxylation is 1. The Morgan fingerprint density at radius 1 is 1.19 bits per heavy atom. The van der Waals surface area contributed by atoms with Gasteiger partial charge in [-0.1, -0.05) is 13.8 Å². The number of likely N-dealkylation sites (tertiary alicyclic amines) is 2. The van der Waals surface area contributed by atoms with Crippen LogP contribution in [-0.4, -0.2) is 47.4 Å². The smallest absolute Gasteiger partial charge is 0.289 e. The Bertz CT molecular complexity index is 497. The number of carbonyl (C=O) groups excluding carboxylic acids is 1. The van der Waals surface area contributed by atoms with Crippen LogP contribution in [-0.2, 0) is 6.42 Å². The summed E-state index contributed by atoms with van der Waals surface area (Å²) in [6, 6.07) is 4.67. The predicted molar refractivity (Wildman–Crippen MR) is 82.4 cm³/mol. The molecule has 0 spiro atoms. The van der Waals surface area contributed by atoms with Gasteiger partial charge >= 0.3 is 0 Å². The van der Waals surface area contributed by atoms with Gasteiger partial charge in [0.2, 0.25) is 0 Å². The van der Waals surface area contributed by atoms with Crippen molar-refractivity contribution in [1.82, 2.24) is 9.80 Å². The molecule has 3 heterocycles. The van der Waals surface area contributed by atoms with Gasteiger partial charge in [-0.2, -0.15) is 0 Å². The number of amides is 1. The van der Waals surface area contributed by atoms with E-state index in [0.29, 0.717) is 17.8 Å². The lowest BCUT2D eigenvalue weighted by atomic mass is 10.0. The number of carbonyl (C=O) groups is 1. The van der Waals surface area contributed by atoms with E-state index < -0.39 is 0 Å². The molecule has 0 unspecified atom stereocenters. The molecule has 116 valence electrons. The molecule has 0 bridgehead atoms. The second kappa shape index (κ2) is 6.22. The topological polar surface area (TPSA) is 36.7 Å². The molecule has 2 aliphatic heterocycles. The van der Waals surface area contributed by atoms with Gasteiger partial charge < -0.3 is 9.32 Å². The van der Waals surface area contributed by atoms with E-state index in [2.05, 4.69) is 16.7 Å². The van der Waals surface area contributed by atoms with Crippen LogP contribution in [0.3, 0.4) is 0 Å². The lowest BCUT2D eigenvalue weighted by Gasteiger charge is -2.34. The molecule has 4 heteroatoms. The molecule has 1 amide bonds. The molecule has 0 aromatic carbocycles. The van der Waals surface area contributed by atoms with Crippen LogP contribution in [0.2, 0.25) is 0 Å². The Hall–Kier alpha value is -1.29. The number of likely N-dealkylation sites (N-methyl/N-ethyl adjacent to an activating group) is 1. The Morgan fingerprint density at radius 3 is 2.67 bits per heavy atom. The Balaban J connectivity index is 1.75. The summed E-state index contributed by atoms with van der Waals surface area (Å²) >= 11 is 0. The highest BCUT2D eigenvalue weighted by molar-refractivity contribution is 5.92. The van der Waals surface area contributed by atoms with E-state index in [9.17, 15) is 4.79 Å². The molecule has 4 nitrogen and oxygen atoms in total. The van der Waals surface area contributed by atoms with Crippen LogP contribution in [0.4, 0.5) is 0 Å². The van der Waals surface area contributed by atoms with E-state index in [0.717, 1.165) is 38.1 Å². The molecule has 1 aromatic rings. The van der Waals surface area contributed by atoms with Crippen molar-refractivity contribution in [3.8, 4) is 0 Å². The molecule has 0 saturated carbocycles. The average Bonchev–Trinajstić information content (AvgIpc) is 3.23. The summed E-state index contributed by atoms with van der Waals surface area (Å²) in [5, 5.41) is 0. The highest BCUT2D eigenvalue weighted by atomic mass is 16.4. The minimum Gasteiger partial charge on any atom is -0.456 e. The Morgan fingerprint density at radius 2 is 1.95 bits per heavy atom. The Labute approximate surface area is 127 Å². The van der Waals surface area contributed by atoms with Crippen molar-refractivity contribution in [1.29, 1.82) is 0 Å². The van der Waals surface area contributed by atoms with Gasteiger partial charge in [0.1, 0.15) is 5.76 Å². The van der Waals surface area contributed by atoms with Crippen LogP contribution >= 0.6 is 0 Å². The first-order chi connectivity index (χ1) is 10.2. The summed E-state index contributed by atoms with van der Waals surface area (Å²) in [7, 11) is 0. The summed E-state index contributed by atoms with van der Waals surface area (Å²) in [4.78, 5) is 17.4. The molecular weight excluding hydrogens is 264 g/mol. The van der Waals surface area contributed by atoms with Gasteiger partial charge in [-0.15, -0.1) is 0 Å². The third kappa shape index (κ3) is 2.73. The van der Waals surface area contributed by atoms with Crippen LogP contribution in [0.5, 0.6) is 0 Å². The summed E-state index contributed by atoms with van der Waals surface area (Å²) < 4.78 is 5.67. The van der Waals surface area contributed by atoms with Gasteiger partial charge in [0.15, 0.2) is 5.76 Å². The van der Waals surface area contributed by atoms with E-state index in [1.165, 1.54) is 19.4 Å². The maximum Gasteiger partial charge on any atom is 0.289 e. The van der Waals surface area contributed by atoms with E-state index in [1.807, 2.05) is 19.1 Å². The number of rotatable bonds is 4. The quantitative estimate of drug-likeness (QED) is 0.855. The lowest BCUT2D eigenvalue weighted by molar-refractivity contribution is 0.0617. The highest BCUT2D eigenvalue weighted by Gasteiger charge is 2.39. The van der Waals surface area contributed by atoms with Crippen molar-refractivity contribution in [2.75, 3.05) is 19.6 Å². The van der Waals surface area contributed by atoms with Gasteiger partial charge in [-0.05, 0) is 50.9 Å². The van der Waals surface area contributed by atoms with Crippen molar-refractivity contribution < 1.29 is 9.21 Å². The zero-order valence-electron chi connectivity index (χ0n) is 13.2. The monoisotopic (exact) mass is 290 g/mol. The van der Waals surface area contributed by atoms with E-state index in [-0.39, 0.29) is 5.91 Å². The molecule has 2 atom stereocenters. The number of hydrogen-bond acceptors (Lipinski definition) is 3. The fraction of sp³-hybridized carbons (Fsp3) is 0.706. The molecular formula is C17H26N2O2. The molecule has 2 aliphatic rings. The summed E-state index contributed by atoms with van der Waals surface area (Å²) in [5.74, 6) is 1.49. The minimum atomic E-state index is 0.0835. The van der Waals surface area contributed by atoms with E-state index in [4.69, 9.17) is 4.42 Å². The normalized spacial score (nSPS) is 26.7. The molecule has 2 fully saturated rings. The van der Waals surface area contributed by atoms with Crippen molar-refractivity contribution >= 4 is 5.91 Å². The van der Waals surface area contributed by atoms with Crippen molar-refractivity contribution in [3.63, 3.8) is 0 Å². The fourth-order valence-corrected chi connectivity index (χ4v) is 3.95. The molecule has 21 heavy (non-hydrogen) atoms. The Kier molecular flexibility index (Phi) is 4.34. The van der Waals surface area contributed by atoms with Gasteiger partial charge in [-0.3, -0.25) is 9.69 Å². The minimum absolute atomic E-state index is 0.0835. The summed E-state index contributed by atoms with van der Waals surface area (Å²) in [6.07, 6.45) is 5.57. The third-order valence-electron chi connectivity index (χ3n) is 5.05. The molecule has 0 aliphatic carbocycles. The number of nitrogens with zero attached hydrogens (tertiary/aromatic N) is 2. The zero-order chi connectivity index (χ0) is 14.8. The first-order valence-corrected chi connectivity index (χ1v) is 8.38. The van der Waals surface area contributed by atoms with Gasteiger partial charge in [0, 0.05) is 25.0 Å². The van der Waals surface area contributed by atoms with E-state index >= 15 is 0 Å². The van der Waals surface area contributed by atoms with Crippen LogP contribution in [0, 0.1) is 0 Å². The maximum atomic E-state index is 12.8. The SMILES string of the molecule is CCc1ccc(C(=O)N2CCC[C@@H]2[C@@H]2CCCN2CC)o1. The molecule has 1 aromatic heterocycles. The van der Waals surface area contributed by atoms with E-state index in [1.54, 1.807) is 0 Å². The standard InChI is InChI=1S/C17H26N2O2/c1-3-13-9-10-16(21-13)17(20)19-12-6-8-15(19)14-7-5-11-18(14)4-2/h9-10,14-15H,3-8,11-12H2,1-2H3/t14-,15+/m0/s1. The number of furan rings is 1. The average molecular weight is 290 g/mol. The highest BCUT2D eigenvalue weighted by Crippen LogP contribution is 2.31. The second-order valence-corrected chi connectivity index (χ2v) is 6.17. The third-order valence-corrected chi connectivity index (χ3v) is 5.05. The van der Waals surface area contributed by atoms with Crippen molar-refractivity contribution in [2.24, 2.45) is 0 Å². The van der Waals surface area contributed by atoms with Gasteiger partial charge in [0.05, 0.1) is 0 Å². The van der Waals surface area contributed by atoms with Crippen LogP contribution in [0.1, 0.15) is 55.8 Å². The van der Waals surface area contributed by atoms with Crippen molar-refractivity contribution in [3.05, 3.63) is 23.7 Å². The zero-order valence-corrected chi connectivity index (χ0v) is 13.2. The fourth-order valence-electron chi connectivity index (χ4n) is 3.95.